The first-order valence-corrected chi connectivity index (χ1v) is 16.5. The van der Waals surface area contributed by atoms with E-state index in [1.807, 2.05) is 6.92 Å². The van der Waals surface area contributed by atoms with Crippen molar-refractivity contribution in [1.29, 1.82) is 0 Å². The molecule has 4 N–H and O–H groups in total. The van der Waals surface area contributed by atoms with Crippen molar-refractivity contribution in [3.63, 3.8) is 0 Å². The molecule has 0 aromatic carbocycles. The minimum Gasteiger partial charge on any atom is -0.378 e. The zero-order valence-corrected chi connectivity index (χ0v) is 25.3. The summed E-state index contributed by atoms with van der Waals surface area (Å²) in [5.41, 5.74) is 8.21. The van der Waals surface area contributed by atoms with E-state index < -0.39 is 0 Å². The minimum atomic E-state index is -0.152. The molecule has 40 heavy (non-hydrogen) atoms. The Hall–Kier alpha value is -1.26. The number of aliphatic imine (C=N–C) groups is 1. The van der Waals surface area contributed by atoms with Crippen LogP contribution in [-0.2, 0) is 14.3 Å². The molecule has 0 radical (unpaired) electrons. The van der Waals surface area contributed by atoms with Crippen molar-refractivity contribution in [2.45, 2.75) is 146 Å². The monoisotopic (exact) mass is 578 g/mol. The third-order valence-electron chi connectivity index (χ3n) is 9.91. The zero-order valence-electron chi connectivity index (χ0n) is 24.5. The third kappa shape index (κ3) is 7.38. The third-order valence-corrected chi connectivity index (χ3v) is 10.3. The molecule has 2 heterocycles. The normalized spacial score (nSPS) is 37.1. The summed E-state index contributed by atoms with van der Waals surface area (Å²) in [6.45, 7) is 5.25. The summed E-state index contributed by atoms with van der Waals surface area (Å²) in [7, 11) is 0. The number of nitrogens with one attached hydrogen (secondary N) is 4. The Balaban J connectivity index is 1.29. The van der Waals surface area contributed by atoms with Gasteiger partial charge < -0.3 is 15.4 Å². The minimum absolute atomic E-state index is 0.0204. The largest absolute Gasteiger partial charge is 0.378 e. The van der Waals surface area contributed by atoms with Crippen LogP contribution in [0.15, 0.2) is 4.99 Å². The van der Waals surface area contributed by atoms with Crippen LogP contribution in [0.3, 0.4) is 0 Å². The second-order valence-electron chi connectivity index (χ2n) is 12.7. The highest BCUT2D eigenvalue weighted by Gasteiger charge is 2.50. The van der Waals surface area contributed by atoms with Crippen LogP contribution < -0.4 is 21.5 Å². The number of halogens is 1. The van der Waals surface area contributed by atoms with Crippen LogP contribution in [0, 0.1) is 11.8 Å². The molecule has 3 saturated carbocycles. The molecule has 4 fully saturated rings. The van der Waals surface area contributed by atoms with Gasteiger partial charge in [0.2, 0.25) is 11.8 Å². The maximum absolute atomic E-state index is 12.8. The maximum Gasteiger partial charge on any atom is 0.222 e. The number of hydrazine groups is 1. The summed E-state index contributed by atoms with van der Waals surface area (Å²) in [4.78, 5) is 33.3. The first-order chi connectivity index (χ1) is 19.4. The number of hydrogen-bond acceptors (Lipinski definition) is 7. The van der Waals surface area contributed by atoms with Crippen LogP contribution in [0.4, 0.5) is 0 Å². The molecule has 0 bridgehead atoms. The molecule has 6 atom stereocenters. The number of fused-ring (bicyclic) bond motifs is 3. The number of amides is 2. The Labute approximate surface area is 245 Å². The van der Waals surface area contributed by atoms with Crippen molar-refractivity contribution in [2.24, 2.45) is 16.8 Å². The van der Waals surface area contributed by atoms with Crippen molar-refractivity contribution in [3.05, 3.63) is 0 Å². The van der Waals surface area contributed by atoms with Gasteiger partial charge in [0.1, 0.15) is 0 Å². The molecule has 0 aromatic heterocycles. The quantitative estimate of drug-likeness (QED) is 0.311. The standard InChI is InChI=1S/C30H51ClN6O3/c1-3-32-28(39)18-25-30-36-35-19(2)37(30)26-14-13-23(40-16-15-27(38)33-22-7-5-4-6-8-22)17-24(26)29(34-25)20-9-11-21(31)12-10-20/h19-26,30,35-36H,3-18H2,1-2H3,(H,32,39)(H,33,38)/t19?,20?,21?,23?,24?,25-,26?,30?/m0/s1. The molecule has 5 aliphatic rings. The van der Waals surface area contributed by atoms with E-state index in [9.17, 15) is 9.59 Å². The van der Waals surface area contributed by atoms with Crippen molar-refractivity contribution >= 4 is 29.1 Å². The van der Waals surface area contributed by atoms with Gasteiger partial charge in [-0.1, -0.05) is 19.3 Å². The molecule has 0 aromatic rings. The Kier molecular flexibility index (Phi) is 10.8. The van der Waals surface area contributed by atoms with E-state index in [0.29, 0.717) is 44.0 Å². The highest BCUT2D eigenvalue weighted by Crippen LogP contribution is 2.42. The van der Waals surface area contributed by atoms with Crippen LogP contribution in [0.5, 0.6) is 0 Å². The first kappa shape index (κ1) is 30.2. The van der Waals surface area contributed by atoms with Crippen LogP contribution in [0.1, 0.15) is 104 Å². The van der Waals surface area contributed by atoms with E-state index in [1.54, 1.807) is 0 Å². The average Bonchev–Trinajstić information content (AvgIpc) is 3.27. The summed E-state index contributed by atoms with van der Waals surface area (Å²) >= 11 is 6.52. The molecule has 2 amide bonds. The van der Waals surface area contributed by atoms with Crippen LogP contribution >= 0.6 is 11.6 Å². The predicted octanol–water partition coefficient (Wildman–Crippen LogP) is 3.61. The molecular formula is C30H51ClN6O3. The number of ether oxygens (including phenoxy) is 1. The summed E-state index contributed by atoms with van der Waals surface area (Å²) in [5.74, 6) is 0.855. The van der Waals surface area contributed by atoms with E-state index in [0.717, 1.165) is 57.8 Å². The van der Waals surface area contributed by atoms with Crippen molar-refractivity contribution < 1.29 is 14.3 Å². The molecule has 1 saturated heterocycles. The topological polar surface area (TPSA) is 107 Å². The van der Waals surface area contributed by atoms with Crippen LogP contribution in [-0.4, -0.2) is 77.5 Å². The van der Waals surface area contributed by atoms with E-state index in [4.69, 9.17) is 21.3 Å². The van der Waals surface area contributed by atoms with Gasteiger partial charge in [0.05, 0.1) is 37.5 Å². The lowest BCUT2D eigenvalue weighted by atomic mass is 9.72. The molecule has 226 valence electrons. The molecular weight excluding hydrogens is 528 g/mol. The molecule has 5 unspecified atom stereocenters. The number of carbonyl (C=O) groups is 2. The van der Waals surface area contributed by atoms with E-state index >= 15 is 0 Å². The highest BCUT2D eigenvalue weighted by atomic mass is 35.5. The lowest BCUT2D eigenvalue weighted by Gasteiger charge is -2.44. The predicted molar refractivity (Wildman–Crippen MR) is 158 cm³/mol. The lowest BCUT2D eigenvalue weighted by Crippen LogP contribution is -2.55. The van der Waals surface area contributed by atoms with Crippen LogP contribution in [0.25, 0.3) is 0 Å². The second kappa shape index (κ2) is 14.3. The van der Waals surface area contributed by atoms with E-state index in [2.05, 4.69) is 33.3 Å². The smallest absolute Gasteiger partial charge is 0.222 e. The van der Waals surface area contributed by atoms with E-state index in [-0.39, 0.29) is 47.6 Å². The van der Waals surface area contributed by atoms with Gasteiger partial charge in [0.15, 0.2) is 0 Å². The van der Waals surface area contributed by atoms with E-state index in [1.165, 1.54) is 25.0 Å². The zero-order chi connectivity index (χ0) is 28.1. The molecule has 3 aliphatic carbocycles. The lowest BCUT2D eigenvalue weighted by molar-refractivity contribution is -0.124. The fraction of sp³-hybridized carbons (Fsp3) is 0.900. The Morgan fingerprint density at radius 1 is 1.02 bits per heavy atom. The van der Waals surface area contributed by atoms with Crippen molar-refractivity contribution in [3.8, 4) is 0 Å². The molecule has 10 heteroatoms. The summed E-state index contributed by atoms with van der Waals surface area (Å²) in [6.07, 6.45) is 14.0. The van der Waals surface area contributed by atoms with Gasteiger partial charge in [-0.3, -0.25) is 19.5 Å². The van der Waals surface area contributed by atoms with Crippen LogP contribution in [0.2, 0.25) is 0 Å². The van der Waals surface area contributed by atoms with Gasteiger partial charge in [-0.05, 0) is 77.6 Å². The number of alkyl halides is 1. The molecule has 5 rings (SSSR count). The molecule has 9 nitrogen and oxygen atoms in total. The summed E-state index contributed by atoms with van der Waals surface area (Å²) in [6, 6.07) is 0.527. The fourth-order valence-corrected chi connectivity index (χ4v) is 8.17. The maximum atomic E-state index is 12.8. The summed E-state index contributed by atoms with van der Waals surface area (Å²) in [5, 5.41) is 6.46. The highest BCUT2D eigenvalue weighted by molar-refractivity contribution is 6.20. The Bertz CT molecular complexity index is 891. The van der Waals surface area contributed by atoms with Crippen molar-refractivity contribution in [2.75, 3.05) is 13.2 Å². The summed E-state index contributed by atoms with van der Waals surface area (Å²) < 4.78 is 6.40. The number of carbonyl (C=O) groups excluding carboxylic acids is 2. The average molecular weight is 579 g/mol. The number of nitrogens with zero attached hydrogens (tertiary/aromatic N) is 2. The van der Waals surface area contributed by atoms with Crippen molar-refractivity contribution in [1.82, 2.24) is 26.4 Å². The molecule has 2 aliphatic heterocycles. The number of hydrogen-bond donors (Lipinski definition) is 4. The molecule has 0 spiro atoms. The van der Waals surface area contributed by atoms with Gasteiger partial charge in [-0.15, -0.1) is 11.6 Å². The fourth-order valence-electron chi connectivity index (χ4n) is 7.92. The number of rotatable bonds is 9. The van der Waals surface area contributed by atoms with Gasteiger partial charge >= 0.3 is 0 Å². The van der Waals surface area contributed by atoms with Gasteiger partial charge in [-0.2, -0.15) is 0 Å². The van der Waals surface area contributed by atoms with Gasteiger partial charge in [0.25, 0.3) is 0 Å². The Morgan fingerprint density at radius 2 is 1.80 bits per heavy atom. The van der Waals surface area contributed by atoms with Gasteiger partial charge in [0, 0.05) is 42.1 Å². The first-order valence-electron chi connectivity index (χ1n) is 16.1. The second-order valence-corrected chi connectivity index (χ2v) is 13.3. The van der Waals surface area contributed by atoms with Gasteiger partial charge in [-0.25, -0.2) is 10.9 Å². The Morgan fingerprint density at radius 3 is 2.55 bits per heavy atom. The SMILES string of the molecule is CCNC(=O)C[C@@H]1N=C(C2CCC(Cl)CC2)C2CC(OCCC(=O)NC3CCCCC3)CCC2N2C(C)NNC12.